The van der Waals surface area contributed by atoms with E-state index >= 15 is 0 Å². The molecule has 2 unspecified atom stereocenters. The van der Waals surface area contributed by atoms with Gasteiger partial charge in [0.25, 0.3) is 0 Å². The number of amides is 1. The van der Waals surface area contributed by atoms with Gasteiger partial charge in [-0.3, -0.25) is 9.78 Å². The first-order valence-corrected chi connectivity index (χ1v) is 6.25. The number of nitrogens with one attached hydrogen (secondary N) is 1. The van der Waals surface area contributed by atoms with Gasteiger partial charge in [0.05, 0.1) is 24.4 Å². The molecule has 1 aromatic rings. The lowest BCUT2D eigenvalue weighted by molar-refractivity contribution is -0.122. The Morgan fingerprint density at radius 1 is 1.61 bits per heavy atom. The molecule has 0 aliphatic carbocycles. The largest absolute Gasteiger partial charge is 0.397 e. The topological polar surface area (TPSA) is 77.2 Å². The van der Waals surface area contributed by atoms with Crippen LogP contribution in [-0.4, -0.2) is 29.6 Å². The molecule has 2 atom stereocenters. The van der Waals surface area contributed by atoms with Gasteiger partial charge in [0.1, 0.15) is 0 Å². The summed E-state index contributed by atoms with van der Waals surface area (Å²) in [5.74, 6) is 0.00590. The van der Waals surface area contributed by atoms with E-state index in [1.165, 1.54) is 0 Å². The summed E-state index contributed by atoms with van der Waals surface area (Å²) in [5, 5.41) is 3.02. The Morgan fingerprint density at radius 3 is 3.11 bits per heavy atom. The van der Waals surface area contributed by atoms with Gasteiger partial charge in [-0.1, -0.05) is 0 Å². The maximum Gasteiger partial charge on any atom is 0.226 e. The molecule has 3 N–H and O–H groups in total. The molecule has 1 aliphatic heterocycles. The zero-order chi connectivity index (χ0) is 13.0. The second kappa shape index (κ2) is 5.82. The molecule has 18 heavy (non-hydrogen) atoms. The first-order chi connectivity index (χ1) is 8.63. The van der Waals surface area contributed by atoms with E-state index in [-0.39, 0.29) is 18.1 Å². The normalized spacial score (nSPS) is 23.6. The van der Waals surface area contributed by atoms with E-state index in [1.807, 2.05) is 6.92 Å². The quantitative estimate of drug-likeness (QED) is 0.834. The zero-order valence-electron chi connectivity index (χ0n) is 10.6. The highest BCUT2D eigenvalue weighted by atomic mass is 16.5. The fraction of sp³-hybridized carbons (Fsp3) is 0.538. The van der Waals surface area contributed by atoms with Gasteiger partial charge in [-0.2, -0.15) is 0 Å². The second-order valence-electron chi connectivity index (χ2n) is 4.73. The molecule has 1 aromatic heterocycles. The number of hydrogen-bond acceptors (Lipinski definition) is 4. The minimum atomic E-state index is 0.00590. The number of hydrogen-bond donors (Lipinski definition) is 2. The van der Waals surface area contributed by atoms with Crippen molar-refractivity contribution in [3.8, 4) is 0 Å². The Labute approximate surface area is 107 Å². The number of rotatable bonds is 3. The predicted molar refractivity (Wildman–Crippen MR) is 68.9 cm³/mol. The van der Waals surface area contributed by atoms with Crippen LogP contribution in [0.2, 0.25) is 0 Å². The van der Waals surface area contributed by atoms with Crippen LogP contribution in [0.15, 0.2) is 18.3 Å². The van der Waals surface area contributed by atoms with E-state index in [1.54, 1.807) is 18.3 Å². The van der Waals surface area contributed by atoms with Gasteiger partial charge in [-0.25, -0.2) is 0 Å². The molecule has 2 rings (SSSR count). The van der Waals surface area contributed by atoms with E-state index in [2.05, 4.69) is 10.3 Å². The van der Waals surface area contributed by atoms with Crippen LogP contribution in [-0.2, 0) is 16.0 Å². The van der Waals surface area contributed by atoms with Crippen molar-refractivity contribution in [2.24, 2.45) is 0 Å². The summed E-state index contributed by atoms with van der Waals surface area (Å²) in [7, 11) is 0. The summed E-state index contributed by atoms with van der Waals surface area (Å²) >= 11 is 0. The number of ether oxygens (including phenoxy) is 1. The molecule has 1 amide bonds. The number of carbonyl (C=O) groups is 1. The number of carbonyl (C=O) groups excluding carboxylic acids is 1. The zero-order valence-corrected chi connectivity index (χ0v) is 10.6. The number of nitrogen functional groups attached to an aromatic ring is 1. The lowest BCUT2D eigenvalue weighted by Gasteiger charge is -2.27. The van der Waals surface area contributed by atoms with E-state index in [9.17, 15) is 4.79 Å². The summed E-state index contributed by atoms with van der Waals surface area (Å²) in [6, 6.07) is 3.75. The fourth-order valence-electron chi connectivity index (χ4n) is 2.11. The lowest BCUT2D eigenvalue weighted by Crippen LogP contribution is -2.41. The van der Waals surface area contributed by atoms with Crippen molar-refractivity contribution in [1.29, 1.82) is 0 Å². The maximum absolute atomic E-state index is 11.8. The first kappa shape index (κ1) is 12.8. The van der Waals surface area contributed by atoms with Gasteiger partial charge in [0.15, 0.2) is 0 Å². The van der Waals surface area contributed by atoms with Crippen LogP contribution in [0, 0.1) is 0 Å². The van der Waals surface area contributed by atoms with Crippen molar-refractivity contribution in [2.45, 2.75) is 38.3 Å². The average Bonchev–Trinajstić information content (AvgIpc) is 2.32. The van der Waals surface area contributed by atoms with Crippen molar-refractivity contribution in [2.75, 3.05) is 12.3 Å². The van der Waals surface area contributed by atoms with Crippen LogP contribution < -0.4 is 11.1 Å². The number of nitrogens with two attached hydrogens (primary N) is 1. The maximum atomic E-state index is 11.8. The van der Waals surface area contributed by atoms with Gasteiger partial charge >= 0.3 is 0 Å². The number of anilines is 1. The van der Waals surface area contributed by atoms with Crippen molar-refractivity contribution in [3.63, 3.8) is 0 Å². The van der Waals surface area contributed by atoms with Gasteiger partial charge in [0, 0.05) is 18.3 Å². The fourth-order valence-corrected chi connectivity index (χ4v) is 2.11. The molecule has 2 heterocycles. The van der Waals surface area contributed by atoms with Crippen molar-refractivity contribution in [1.82, 2.24) is 10.3 Å². The smallest absolute Gasteiger partial charge is 0.226 e. The molecule has 98 valence electrons. The highest BCUT2D eigenvalue weighted by Gasteiger charge is 2.20. The van der Waals surface area contributed by atoms with E-state index in [4.69, 9.17) is 10.5 Å². The Balaban J connectivity index is 1.83. The summed E-state index contributed by atoms with van der Waals surface area (Å²) in [5.41, 5.74) is 6.89. The van der Waals surface area contributed by atoms with Crippen LogP contribution in [0.4, 0.5) is 5.69 Å². The number of aromatic nitrogens is 1. The van der Waals surface area contributed by atoms with Gasteiger partial charge < -0.3 is 15.8 Å². The molecule has 5 nitrogen and oxygen atoms in total. The SMILES string of the molecule is CC1CC(NC(=O)Cc2ccc(N)cn2)CCO1. The molecule has 0 aromatic carbocycles. The Morgan fingerprint density at radius 2 is 2.44 bits per heavy atom. The third-order valence-corrected chi connectivity index (χ3v) is 3.04. The van der Waals surface area contributed by atoms with Crippen molar-refractivity contribution in [3.05, 3.63) is 24.0 Å². The first-order valence-electron chi connectivity index (χ1n) is 6.25. The molecule has 5 heteroatoms. The van der Waals surface area contributed by atoms with Crippen molar-refractivity contribution < 1.29 is 9.53 Å². The number of pyridine rings is 1. The third kappa shape index (κ3) is 3.70. The summed E-state index contributed by atoms with van der Waals surface area (Å²) in [4.78, 5) is 16.0. The summed E-state index contributed by atoms with van der Waals surface area (Å²) < 4.78 is 5.44. The monoisotopic (exact) mass is 249 g/mol. The Bertz CT molecular complexity index is 405. The Hall–Kier alpha value is -1.62. The summed E-state index contributed by atoms with van der Waals surface area (Å²) in [6.45, 7) is 2.74. The lowest BCUT2D eigenvalue weighted by atomic mass is 10.0. The van der Waals surface area contributed by atoms with Gasteiger partial charge in [-0.15, -0.1) is 0 Å². The standard InChI is InChI=1S/C13H19N3O2/c1-9-6-12(4-5-18-9)16-13(17)7-11-3-2-10(14)8-15-11/h2-3,8-9,12H,4-7,14H2,1H3,(H,16,17). The average molecular weight is 249 g/mol. The van der Waals surface area contributed by atoms with E-state index in [0.717, 1.165) is 18.5 Å². The molecule has 0 spiro atoms. The molecule has 1 fully saturated rings. The van der Waals surface area contributed by atoms with Crippen LogP contribution in [0.3, 0.4) is 0 Å². The highest BCUT2D eigenvalue weighted by Crippen LogP contribution is 2.13. The second-order valence-corrected chi connectivity index (χ2v) is 4.73. The van der Waals surface area contributed by atoms with Gasteiger partial charge in [-0.05, 0) is 31.9 Å². The minimum Gasteiger partial charge on any atom is -0.397 e. The molecule has 1 aliphatic rings. The van der Waals surface area contributed by atoms with Gasteiger partial charge in [0.2, 0.25) is 5.91 Å². The predicted octanol–water partition coefficient (Wildman–Crippen LogP) is 0.890. The Kier molecular flexibility index (Phi) is 4.15. The molecule has 0 bridgehead atoms. The molecule has 0 radical (unpaired) electrons. The van der Waals surface area contributed by atoms with Crippen LogP contribution in [0.25, 0.3) is 0 Å². The number of nitrogens with zero attached hydrogens (tertiary/aromatic N) is 1. The third-order valence-electron chi connectivity index (χ3n) is 3.04. The van der Waals surface area contributed by atoms with Crippen LogP contribution in [0.1, 0.15) is 25.5 Å². The molecule has 1 saturated heterocycles. The molecular formula is C13H19N3O2. The highest BCUT2D eigenvalue weighted by molar-refractivity contribution is 5.78. The van der Waals surface area contributed by atoms with Crippen LogP contribution >= 0.6 is 0 Å². The minimum absolute atomic E-state index is 0.00590. The van der Waals surface area contributed by atoms with Crippen LogP contribution in [0.5, 0.6) is 0 Å². The van der Waals surface area contributed by atoms with E-state index < -0.39 is 0 Å². The van der Waals surface area contributed by atoms with E-state index in [0.29, 0.717) is 18.7 Å². The van der Waals surface area contributed by atoms with Crippen molar-refractivity contribution >= 4 is 11.6 Å². The molecule has 0 saturated carbocycles. The summed E-state index contributed by atoms with van der Waals surface area (Å²) in [6.07, 6.45) is 3.84. The molecular weight excluding hydrogens is 230 g/mol.